The van der Waals surface area contributed by atoms with Crippen LogP contribution in [0, 0.1) is 0 Å². The van der Waals surface area contributed by atoms with E-state index in [1.807, 2.05) is 56.4 Å². The lowest BCUT2D eigenvalue weighted by molar-refractivity contribution is -0.137. The molecule has 29 heavy (non-hydrogen) atoms. The molecule has 0 heterocycles. The van der Waals surface area contributed by atoms with Crippen molar-refractivity contribution < 1.29 is 19.1 Å². The van der Waals surface area contributed by atoms with Gasteiger partial charge in [-0.2, -0.15) is 0 Å². The van der Waals surface area contributed by atoms with Crippen molar-refractivity contribution in [1.82, 2.24) is 14.7 Å². The average Bonchev–Trinajstić information content (AvgIpc) is 2.74. The molecule has 0 atom stereocenters. The van der Waals surface area contributed by atoms with Crippen molar-refractivity contribution in [2.75, 3.05) is 47.9 Å². The Morgan fingerprint density at radius 3 is 2.24 bits per heavy atom. The SMILES string of the molecule is CN(C)CCN(C)C(=O)COC1CCC(N(C)C(=O)OCc2ccccc2)CC1. The van der Waals surface area contributed by atoms with Gasteiger partial charge < -0.3 is 24.2 Å². The minimum Gasteiger partial charge on any atom is -0.445 e. The molecule has 1 fully saturated rings. The van der Waals surface area contributed by atoms with Crippen LogP contribution in [0.3, 0.4) is 0 Å². The summed E-state index contributed by atoms with van der Waals surface area (Å²) >= 11 is 0. The Morgan fingerprint density at radius 1 is 0.966 bits per heavy atom. The third-order valence-corrected chi connectivity index (χ3v) is 5.44. The van der Waals surface area contributed by atoms with E-state index in [4.69, 9.17) is 9.47 Å². The van der Waals surface area contributed by atoms with Gasteiger partial charge in [-0.25, -0.2) is 4.79 Å². The Bertz CT molecular complexity index is 630. The van der Waals surface area contributed by atoms with Gasteiger partial charge in [0.2, 0.25) is 5.91 Å². The highest BCUT2D eigenvalue weighted by atomic mass is 16.6. The summed E-state index contributed by atoms with van der Waals surface area (Å²) in [6.45, 7) is 1.93. The lowest BCUT2D eigenvalue weighted by Gasteiger charge is -2.34. The molecule has 7 nitrogen and oxygen atoms in total. The monoisotopic (exact) mass is 405 g/mol. The van der Waals surface area contributed by atoms with Crippen molar-refractivity contribution in [2.45, 2.75) is 44.4 Å². The van der Waals surface area contributed by atoms with Gasteiger partial charge >= 0.3 is 6.09 Å². The van der Waals surface area contributed by atoms with E-state index >= 15 is 0 Å². The second kappa shape index (κ2) is 11.8. The van der Waals surface area contributed by atoms with Crippen LogP contribution in [-0.4, -0.2) is 86.7 Å². The van der Waals surface area contributed by atoms with Crippen LogP contribution in [0.15, 0.2) is 30.3 Å². The molecular formula is C22H35N3O4. The number of rotatable bonds is 9. The van der Waals surface area contributed by atoms with Gasteiger partial charge in [-0.1, -0.05) is 30.3 Å². The summed E-state index contributed by atoms with van der Waals surface area (Å²) in [5, 5.41) is 0. The maximum atomic E-state index is 12.3. The molecule has 2 rings (SSSR count). The molecule has 0 unspecified atom stereocenters. The van der Waals surface area contributed by atoms with Gasteiger partial charge in [-0.05, 0) is 45.3 Å². The first-order valence-corrected chi connectivity index (χ1v) is 10.3. The summed E-state index contributed by atoms with van der Waals surface area (Å²) in [4.78, 5) is 29.9. The zero-order valence-corrected chi connectivity index (χ0v) is 18.2. The number of ether oxygens (including phenoxy) is 2. The number of amides is 2. The predicted octanol–water partition coefficient (Wildman–Crippen LogP) is 2.60. The number of nitrogens with zero attached hydrogens (tertiary/aromatic N) is 3. The van der Waals surface area contributed by atoms with Crippen LogP contribution < -0.4 is 0 Å². The van der Waals surface area contributed by atoms with Crippen molar-refractivity contribution in [1.29, 1.82) is 0 Å². The van der Waals surface area contributed by atoms with E-state index in [1.54, 1.807) is 16.8 Å². The number of benzene rings is 1. The number of carbonyl (C=O) groups is 2. The highest BCUT2D eigenvalue weighted by Crippen LogP contribution is 2.25. The second-order valence-corrected chi connectivity index (χ2v) is 8.01. The fourth-order valence-electron chi connectivity index (χ4n) is 3.34. The number of carbonyl (C=O) groups excluding carboxylic acids is 2. The summed E-state index contributed by atoms with van der Waals surface area (Å²) in [6.07, 6.45) is 3.17. The molecule has 0 bridgehead atoms. The lowest BCUT2D eigenvalue weighted by atomic mass is 9.92. The Balaban J connectivity index is 1.66. The molecule has 1 aliphatic carbocycles. The van der Waals surface area contributed by atoms with E-state index < -0.39 is 0 Å². The topological polar surface area (TPSA) is 62.3 Å². The van der Waals surface area contributed by atoms with Crippen LogP contribution in [0.4, 0.5) is 4.79 Å². The molecular weight excluding hydrogens is 370 g/mol. The fraction of sp³-hybridized carbons (Fsp3) is 0.636. The third kappa shape index (κ3) is 8.03. The molecule has 162 valence electrons. The normalized spacial score (nSPS) is 19.1. The predicted molar refractivity (Wildman–Crippen MR) is 113 cm³/mol. The minimum atomic E-state index is -0.295. The Kier molecular flexibility index (Phi) is 9.41. The first-order valence-electron chi connectivity index (χ1n) is 10.3. The molecule has 0 radical (unpaired) electrons. The van der Waals surface area contributed by atoms with E-state index in [-0.39, 0.29) is 37.4 Å². The smallest absolute Gasteiger partial charge is 0.410 e. The molecule has 0 aromatic heterocycles. The quantitative estimate of drug-likeness (QED) is 0.632. The average molecular weight is 406 g/mol. The minimum absolute atomic E-state index is 0.00980. The van der Waals surface area contributed by atoms with Crippen molar-refractivity contribution in [3.05, 3.63) is 35.9 Å². The maximum Gasteiger partial charge on any atom is 0.410 e. The van der Waals surface area contributed by atoms with E-state index in [0.29, 0.717) is 6.54 Å². The summed E-state index contributed by atoms with van der Waals surface area (Å²) < 4.78 is 11.2. The van der Waals surface area contributed by atoms with Crippen LogP contribution >= 0.6 is 0 Å². The van der Waals surface area contributed by atoms with Gasteiger partial charge in [0.15, 0.2) is 0 Å². The zero-order valence-electron chi connectivity index (χ0n) is 18.2. The van der Waals surface area contributed by atoms with Gasteiger partial charge in [0, 0.05) is 33.2 Å². The molecule has 2 amide bonds. The van der Waals surface area contributed by atoms with Gasteiger partial charge in [-0.15, -0.1) is 0 Å². The highest BCUT2D eigenvalue weighted by Gasteiger charge is 2.28. The van der Waals surface area contributed by atoms with E-state index in [1.165, 1.54) is 0 Å². The van der Waals surface area contributed by atoms with Crippen molar-refractivity contribution in [2.24, 2.45) is 0 Å². The van der Waals surface area contributed by atoms with Crippen LogP contribution in [0.25, 0.3) is 0 Å². The maximum absolute atomic E-state index is 12.3. The van der Waals surface area contributed by atoms with Gasteiger partial charge in [0.05, 0.1) is 6.10 Å². The Hall–Kier alpha value is -2.12. The van der Waals surface area contributed by atoms with Gasteiger partial charge in [0.1, 0.15) is 13.2 Å². The zero-order chi connectivity index (χ0) is 21.2. The number of likely N-dealkylation sites (N-methyl/N-ethyl adjacent to an activating group) is 2. The molecule has 1 aromatic carbocycles. The molecule has 0 saturated heterocycles. The molecule has 0 N–H and O–H groups in total. The molecule has 1 aromatic rings. The molecule has 1 saturated carbocycles. The first kappa shape index (κ1) is 23.2. The third-order valence-electron chi connectivity index (χ3n) is 5.44. The standard InChI is InChI=1S/C22H35N3O4/c1-23(2)14-15-24(3)21(26)17-28-20-12-10-19(11-13-20)25(4)22(27)29-16-18-8-6-5-7-9-18/h5-9,19-20H,10-17H2,1-4H3. The number of hydrogen-bond acceptors (Lipinski definition) is 5. The largest absolute Gasteiger partial charge is 0.445 e. The van der Waals surface area contributed by atoms with Crippen LogP contribution in [0.2, 0.25) is 0 Å². The summed E-state index contributed by atoms with van der Waals surface area (Å²) in [6, 6.07) is 9.83. The van der Waals surface area contributed by atoms with Crippen LogP contribution in [0.1, 0.15) is 31.2 Å². The Morgan fingerprint density at radius 2 is 1.62 bits per heavy atom. The highest BCUT2D eigenvalue weighted by molar-refractivity contribution is 5.77. The Labute approximate surface area is 174 Å². The molecule has 1 aliphatic rings. The van der Waals surface area contributed by atoms with E-state index in [0.717, 1.165) is 37.8 Å². The van der Waals surface area contributed by atoms with Crippen molar-refractivity contribution >= 4 is 12.0 Å². The lowest BCUT2D eigenvalue weighted by Crippen LogP contribution is -2.41. The molecule has 0 aliphatic heterocycles. The van der Waals surface area contributed by atoms with Crippen molar-refractivity contribution in [3.63, 3.8) is 0 Å². The van der Waals surface area contributed by atoms with Crippen LogP contribution in [0.5, 0.6) is 0 Å². The first-order chi connectivity index (χ1) is 13.9. The fourth-order valence-corrected chi connectivity index (χ4v) is 3.34. The summed E-state index contributed by atoms with van der Waals surface area (Å²) in [5.41, 5.74) is 0.978. The van der Waals surface area contributed by atoms with Crippen LogP contribution in [-0.2, 0) is 20.9 Å². The van der Waals surface area contributed by atoms with E-state index in [9.17, 15) is 9.59 Å². The second-order valence-electron chi connectivity index (χ2n) is 8.01. The van der Waals surface area contributed by atoms with Gasteiger partial charge in [0.25, 0.3) is 0 Å². The molecule has 0 spiro atoms. The van der Waals surface area contributed by atoms with Crippen molar-refractivity contribution in [3.8, 4) is 0 Å². The molecule has 7 heteroatoms. The van der Waals surface area contributed by atoms with Gasteiger partial charge in [-0.3, -0.25) is 4.79 Å². The summed E-state index contributed by atoms with van der Waals surface area (Å²) in [7, 11) is 7.58. The number of hydrogen-bond donors (Lipinski definition) is 0. The summed E-state index contributed by atoms with van der Waals surface area (Å²) in [5.74, 6) is 0.00980. The van der Waals surface area contributed by atoms with E-state index in [2.05, 4.69) is 0 Å².